The van der Waals surface area contributed by atoms with Gasteiger partial charge < -0.3 is 9.47 Å². The number of carbonyl (C=O) groups excluding carboxylic acids is 1. The lowest BCUT2D eigenvalue weighted by molar-refractivity contribution is -0.128. The van der Waals surface area contributed by atoms with E-state index >= 15 is 0 Å². The second-order valence-corrected chi connectivity index (χ2v) is 8.04. The van der Waals surface area contributed by atoms with Gasteiger partial charge in [-0.05, 0) is 29.8 Å². The molecule has 3 rings (SSSR count). The maximum Gasteiger partial charge on any atom is 0.233 e. The number of carbonyl (C=O) groups is 1. The Balaban J connectivity index is 1.61. The van der Waals surface area contributed by atoms with Crippen LogP contribution in [0.2, 0.25) is 0 Å². The van der Waals surface area contributed by atoms with Gasteiger partial charge in [0.15, 0.2) is 11.0 Å². The minimum absolute atomic E-state index is 0.122. The van der Waals surface area contributed by atoms with Gasteiger partial charge in [-0.2, -0.15) is 0 Å². The smallest absolute Gasteiger partial charge is 0.233 e. The lowest BCUT2D eigenvalue weighted by atomic mass is 10.4. The fourth-order valence-electron chi connectivity index (χ4n) is 2.25. The molecule has 0 aromatic carbocycles. The van der Waals surface area contributed by atoms with E-state index < -0.39 is 0 Å². The van der Waals surface area contributed by atoms with Crippen LogP contribution in [0.1, 0.15) is 11.8 Å². The van der Waals surface area contributed by atoms with Crippen molar-refractivity contribution >= 4 is 40.3 Å². The Bertz CT molecular complexity index is 780. The molecule has 24 heavy (non-hydrogen) atoms. The standard InChI is InChI=1S/C16H18N4OS3/c1-3-20(10-12-6-4-8-22-12)14(21)11-24-16-18-17-15(19(16)2)13-7-5-9-23-13/h4-9H,3,10-11H2,1-2H3. The zero-order valence-electron chi connectivity index (χ0n) is 13.5. The summed E-state index contributed by atoms with van der Waals surface area (Å²) < 4.78 is 1.94. The molecule has 3 heterocycles. The number of rotatable bonds is 7. The normalized spacial score (nSPS) is 10.9. The van der Waals surface area contributed by atoms with Gasteiger partial charge in [0.05, 0.1) is 17.2 Å². The van der Waals surface area contributed by atoms with Gasteiger partial charge in [-0.15, -0.1) is 32.9 Å². The molecule has 0 aliphatic heterocycles. The third-order valence-corrected chi connectivity index (χ3v) is 6.29. The van der Waals surface area contributed by atoms with Gasteiger partial charge in [0.25, 0.3) is 0 Å². The van der Waals surface area contributed by atoms with Crippen molar-refractivity contribution in [3.05, 3.63) is 39.9 Å². The maximum atomic E-state index is 12.5. The van der Waals surface area contributed by atoms with Gasteiger partial charge in [-0.1, -0.05) is 23.9 Å². The lowest BCUT2D eigenvalue weighted by Crippen LogP contribution is -2.31. The largest absolute Gasteiger partial charge is 0.337 e. The molecule has 0 spiro atoms. The van der Waals surface area contributed by atoms with Crippen LogP contribution in [-0.2, 0) is 18.4 Å². The van der Waals surface area contributed by atoms with Crippen LogP contribution < -0.4 is 0 Å². The van der Waals surface area contributed by atoms with Crippen molar-refractivity contribution in [3.63, 3.8) is 0 Å². The molecule has 3 aromatic rings. The van der Waals surface area contributed by atoms with Crippen molar-refractivity contribution < 1.29 is 4.79 Å². The third-order valence-electron chi connectivity index (χ3n) is 3.56. The Morgan fingerprint density at radius 3 is 2.71 bits per heavy atom. The first-order valence-electron chi connectivity index (χ1n) is 7.55. The summed E-state index contributed by atoms with van der Waals surface area (Å²) in [6.45, 7) is 3.39. The summed E-state index contributed by atoms with van der Waals surface area (Å²) >= 11 is 4.74. The van der Waals surface area contributed by atoms with E-state index in [-0.39, 0.29) is 5.91 Å². The van der Waals surface area contributed by atoms with E-state index in [0.29, 0.717) is 18.8 Å². The summed E-state index contributed by atoms with van der Waals surface area (Å²) in [5, 5.41) is 13.3. The highest BCUT2D eigenvalue weighted by Gasteiger charge is 2.17. The second kappa shape index (κ2) is 7.96. The molecule has 0 atom stereocenters. The van der Waals surface area contributed by atoms with Crippen LogP contribution in [-0.4, -0.2) is 37.9 Å². The van der Waals surface area contributed by atoms with Crippen LogP contribution in [0.5, 0.6) is 0 Å². The molecule has 0 bridgehead atoms. The predicted octanol–water partition coefficient (Wildman–Crippen LogP) is 3.75. The fourth-order valence-corrected chi connectivity index (χ4v) is 4.52. The van der Waals surface area contributed by atoms with Crippen LogP contribution in [0.25, 0.3) is 10.7 Å². The van der Waals surface area contributed by atoms with Crippen LogP contribution in [0.3, 0.4) is 0 Å². The number of hydrogen-bond acceptors (Lipinski definition) is 6. The van der Waals surface area contributed by atoms with Gasteiger partial charge in [0.2, 0.25) is 5.91 Å². The average molecular weight is 379 g/mol. The molecular weight excluding hydrogens is 360 g/mol. The average Bonchev–Trinajstić information content (AvgIpc) is 3.32. The van der Waals surface area contributed by atoms with Crippen LogP contribution >= 0.6 is 34.4 Å². The van der Waals surface area contributed by atoms with E-state index in [4.69, 9.17) is 0 Å². The van der Waals surface area contributed by atoms with E-state index in [0.717, 1.165) is 15.9 Å². The van der Waals surface area contributed by atoms with Gasteiger partial charge in [0.1, 0.15) is 0 Å². The molecule has 126 valence electrons. The summed E-state index contributed by atoms with van der Waals surface area (Å²) in [6.07, 6.45) is 0. The molecule has 8 heteroatoms. The minimum Gasteiger partial charge on any atom is -0.337 e. The Labute approximate surface area is 153 Å². The van der Waals surface area contributed by atoms with Crippen molar-refractivity contribution in [3.8, 4) is 10.7 Å². The number of amides is 1. The molecule has 0 saturated carbocycles. The highest BCUT2D eigenvalue weighted by atomic mass is 32.2. The zero-order chi connectivity index (χ0) is 16.9. The summed E-state index contributed by atoms with van der Waals surface area (Å²) in [5.41, 5.74) is 0. The summed E-state index contributed by atoms with van der Waals surface area (Å²) in [4.78, 5) is 16.6. The monoisotopic (exact) mass is 378 g/mol. The Morgan fingerprint density at radius 1 is 1.25 bits per heavy atom. The van der Waals surface area contributed by atoms with E-state index in [1.807, 2.05) is 52.4 Å². The summed E-state index contributed by atoms with van der Waals surface area (Å²) in [7, 11) is 1.94. The molecule has 0 fully saturated rings. The molecule has 0 saturated heterocycles. The van der Waals surface area contributed by atoms with Gasteiger partial charge >= 0.3 is 0 Å². The molecule has 0 unspecified atom stereocenters. The van der Waals surface area contributed by atoms with Crippen LogP contribution in [0.15, 0.2) is 40.2 Å². The Morgan fingerprint density at radius 2 is 2.04 bits per heavy atom. The van der Waals surface area contributed by atoms with E-state index in [1.54, 1.807) is 22.7 Å². The SMILES string of the molecule is CCN(Cc1cccs1)C(=O)CSc1nnc(-c2cccs2)n1C. The lowest BCUT2D eigenvalue weighted by Gasteiger charge is -2.19. The minimum atomic E-state index is 0.122. The molecule has 3 aromatic heterocycles. The molecule has 0 N–H and O–H groups in total. The number of hydrogen-bond donors (Lipinski definition) is 0. The molecule has 0 aliphatic carbocycles. The Kier molecular flexibility index (Phi) is 5.70. The van der Waals surface area contributed by atoms with Crippen molar-refractivity contribution in [1.82, 2.24) is 19.7 Å². The van der Waals surface area contributed by atoms with E-state index in [2.05, 4.69) is 16.3 Å². The quantitative estimate of drug-likeness (QED) is 0.588. The predicted molar refractivity (Wildman–Crippen MR) is 100 cm³/mol. The molecule has 0 aliphatic rings. The molecule has 0 radical (unpaired) electrons. The summed E-state index contributed by atoms with van der Waals surface area (Å²) in [5.74, 6) is 1.33. The topological polar surface area (TPSA) is 51.0 Å². The number of nitrogens with zero attached hydrogens (tertiary/aromatic N) is 4. The highest BCUT2D eigenvalue weighted by molar-refractivity contribution is 7.99. The first-order valence-corrected chi connectivity index (χ1v) is 10.3. The van der Waals surface area contributed by atoms with Crippen molar-refractivity contribution in [1.29, 1.82) is 0 Å². The van der Waals surface area contributed by atoms with E-state index in [9.17, 15) is 4.79 Å². The van der Waals surface area contributed by atoms with Gasteiger partial charge in [-0.25, -0.2) is 0 Å². The van der Waals surface area contributed by atoms with Gasteiger partial charge in [-0.3, -0.25) is 4.79 Å². The first kappa shape index (κ1) is 17.2. The van der Waals surface area contributed by atoms with Crippen LogP contribution in [0, 0.1) is 0 Å². The molecular formula is C16H18N4OS3. The number of thioether (sulfide) groups is 1. The zero-order valence-corrected chi connectivity index (χ0v) is 16.0. The molecule has 5 nitrogen and oxygen atoms in total. The van der Waals surface area contributed by atoms with Gasteiger partial charge in [0, 0.05) is 18.5 Å². The summed E-state index contributed by atoms with van der Waals surface area (Å²) in [6, 6.07) is 8.09. The number of aromatic nitrogens is 3. The fraction of sp³-hybridized carbons (Fsp3) is 0.312. The Hall–Kier alpha value is -1.64. The maximum absolute atomic E-state index is 12.5. The first-order chi connectivity index (χ1) is 11.7. The highest BCUT2D eigenvalue weighted by Crippen LogP contribution is 2.26. The van der Waals surface area contributed by atoms with Crippen molar-refractivity contribution in [2.24, 2.45) is 7.05 Å². The van der Waals surface area contributed by atoms with Crippen LogP contribution in [0.4, 0.5) is 0 Å². The number of thiophene rings is 2. The van der Waals surface area contributed by atoms with Crippen molar-refractivity contribution in [2.45, 2.75) is 18.6 Å². The third kappa shape index (κ3) is 3.88. The second-order valence-electron chi connectivity index (χ2n) is 5.12. The van der Waals surface area contributed by atoms with E-state index in [1.165, 1.54) is 16.6 Å². The van der Waals surface area contributed by atoms with Crippen molar-refractivity contribution in [2.75, 3.05) is 12.3 Å². The molecule has 1 amide bonds.